The highest BCUT2D eigenvalue weighted by Gasteiger charge is 2.17. The Balaban J connectivity index is 2.06. The Labute approximate surface area is 105 Å². The van der Waals surface area contributed by atoms with Crippen LogP contribution in [0.2, 0.25) is 5.02 Å². The predicted octanol–water partition coefficient (Wildman–Crippen LogP) is 1.00. The molecule has 1 fully saturated rings. The first kappa shape index (κ1) is 12.4. The zero-order chi connectivity index (χ0) is 12.3. The lowest BCUT2D eigenvalue weighted by Crippen LogP contribution is -2.42. The number of nitrogens with one attached hydrogen (secondary N) is 2. The Hall–Kier alpha value is -1.07. The van der Waals surface area contributed by atoms with E-state index in [0.29, 0.717) is 11.7 Å². The summed E-state index contributed by atoms with van der Waals surface area (Å²) >= 11 is 5.96. The third kappa shape index (κ3) is 2.98. The van der Waals surface area contributed by atoms with Crippen molar-refractivity contribution in [3.8, 4) is 0 Å². The Morgan fingerprint density at radius 3 is 3.12 bits per heavy atom. The minimum absolute atomic E-state index is 0.207. The molecule has 1 aromatic rings. The van der Waals surface area contributed by atoms with Crippen LogP contribution in [0.5, 0.6) is 0 Å². The van der Waals surface area contributed by atoms with Crippen LogP contribution >= 0.6 is 11.6 Å². The Morgan fingerprint density at radius 2 is 2.41 bits per heavy atom. The first-order chi connectivity index (χ1) is 8.18. The fraction of sp³-hybridized carbons (Fsp3) is 0.636. The van der Waals surface area contributed by atoms with Crippen molar-refractivity contribution in [3.05, 3.63) is 21.6 Å². The summed E-state index contributed by atoms with van der Waals surface area (Å²) in [5.41, 5.74) is 0.343. The molecule has 1 aliphatic rings. The van der Waals surface area contributed by atoms with Crippen LogP contribution < -0.4 is 15.8 Å². The molecule has 1 unspecified atom stereocenters. The van der Waals surface area contributed by atoms with Gasteiger partial charge in [0.05, 0.1) is 11.9 Å². The molecule has 17 heavy (non-hydrogen) atoms. The summed E-state index contributed by atoms with van der Waals surface area (Å²) in [6.45, 7) is 1.91. The quantitative estimate of drug-likeness (QED) is 0.847. The van der Waals surface area contributed by atoms with E-state index < -0.39 is 0 Å². The molecule has 6 heteroatoms. The van der Waals surface area contributed by atoms with Gasteiger partial charge in [-0.15, -0.1) is 0 Å². The number of halogens is 1. The number of piperidine rings is 1. The van der Waals surface area contributed by atoms with E-state index in [2.05, 4.69) is 15.5 Å². The summed E-state index contributed by atoms with van der Waals surface area (Å²) in [4.78, 5) is 13.3. The van der Waals surface area contributed by atoms with Gasteiger partial charge in [0, 0.05) is 19.6 Å². The smallest absolute Gasteiger partial charge is 0.285 e. The van der Waals surface area contributed by atoms with Gasteiger partial charge in [-0.3, -0.25) is 4.79 Å². The van der Waals surface area contributed by atoms with E-state index in [4.69, 9.17) is 11.6 Å². The Morgan fingerprint density at radius 1 is 1.59 bits per heavy atom. The topological polar surface area (TPSA) is 61.0 Å². The fourth-order valence-electron chi connectivity index (χ4n) is 2.15. The highest BCUT2D eigenvalue weighted by molar-refractivity contribution is 6.32. The van der Waals surface area contributed by atoms with Gasteiger partial charge in [0.25, 0.3) is 5.56 Å². The molecular formula is C11H17ClN4O. The first-order valence-electron chi connectivity index (χ1n) is 5.86. The van der Waals surface area contributed by atoms with E-state index in [1.165, 1.54) is 19.3 Å². The molecule has 1 aromatic heterocycles. The van der Waals surface area contributed by atoms with Crippen molar-refractivity contribution in [3.63, 3.8) is 0 Å². The van der Waals surface area contributed by atoms with Gasteiger partial charge in [-0.1, -0.05) is 18.0 Å². The van der Waals surface area contributed by atoms with Crippen molar-refractivity contribution < 1.29 is 0 Å². The lowest BCUT2D eigenvalue weighted by Gasteiger charge is -2.29. The normalized spacial score (nSPS) is 20.2. The number of H-pyrrole nitrogens is 1. The molecule has 0 amide bonds. The van der Waals surface area contributed by atoms with Gasteiger partial charge >= 0.3 is 0 Å². The molecule has 0 radical (unpaired) electrons. The number of likely N-dealkylation sites (N-methyl/N-ethyl adjacent to an activating group) is 1. The minimum atomic E-state index is -0.340. The highest BCUT2D eigenvalue weighted by Crippen LogP contribution is 2.20. The molecule has 2 heterocycles. The summed E-state index contributed by atoms with van der Waals surface area (Å²) in [6.07, 6.45) is 5.26. The summed E-state index contributed by atoms with van der Waals surface area (Å²) < 4.78 is 0. The van der Waals surface area contributed by atoms with Gasteiger partial charge in [0.15, 0.2) is 0 Å². The maximum Gasteiger partial charge on any atom is 0.285 e. The molecule has 0 aromatic carbocycles. The van der Waals surface area contributed by atoms with E-state index in [1.54, 1.807) is 6.20 Å². The average molecular weight is 257 g/mol. The molecule has 5 nitrogen and oxygen atoms in total. The Kier molecular flexibility index (Phi) is 4.02. The zero-order valence-corrected chi connectivity index (χ0v) is 10.6. The number of hydrogen-bond donors (Lipinski definition) is 2. The second-order valence-electron chi connectivity index (χ2n) is 4.43. The van der Waals surface area contributed by atoms with Gasteiger partial charge in [-0.25, -0.2) is 5.10 Å². The molecule has 0 aliphatic carbocycles. The van der Waals surface area contributed by atoms with E-state index >= 15 is 0 Å². The average Bonchev–Trinajstić information content (AvgIpc) is 2.34. The molecule has 2 rings (SSSR count). The van der Waals surface area contributed by atoms with Crippen LogP contribution in [-0.4, -0.2) is 36.4 Å². The second-order valence-corrected chi connectivity index (χ2v) is 4.80. The summed E-state index contributed by atoms with van der Waals surface area (Å²) in [5, 5.41) is 9.76. The fourth-order valence-corrected chi connectivity index (χ4v) is 2.38. The lowest BCUT2D eigenvalue weighted by atomic mass is 10.0. The summed E-state index contributed by atoms with van der Waals surface area (Å²) in [5.74, 6) is 0. The van der Waals surface area contributed by atoms with Crippen LogP contribution in [0.4, 0.5) is 5.69 Å². The molecule has 1 atom stereocenters. The van der Waals surface area contributed by atoms with Gasteiger partial charge in [0.2, 0.25) is 0 Å². The van der Waals surface area contributed by atoms with E-state index in [9.17, 15) is 4.79 Å². The standard InChI is InChI=1S/C11H17ClN4O/c1-16(7-8-4-2-3-5-13-8)9-6-14-15-11(17)10(9)12/h6,8,13H,2-5,7H2,1H3,(H,15,17). The lowest BCUT2D eigenvalue weighted by molar-refractivity contribution is 0.403. The summed E-state index contributed by atoms with van der Waals surface area (Å²) in [7, 11) is 1.93. The third-order valence-electron chi connectivity index (χ3n) is 3.10. The molecule has 0 spiro atoms. The minimum Gasteiger partial charge on any atom is -0.370 e. The van der Waals surface area contributed by atoms with Crippen LogP contribution in [0, 0.1) is 0 Å². The predicted molar refractivity (Wildman–Crippen MR) is 68.8 cm³/mol. The van der Waals surface area contributed by atoms with Gasteiger partial charge < -0.3 is 10.2 Å². The SMILES string of the molecule is CN(CC1CCCCN1)c1cn[nH]c(=O)c1Cl. The van der Waals surface area contributed by atoms with Crippen molar-refractivity contribution in [1.82, 2.24) is 15.5 Å². The molecule has 1 aliphatic heterocycles. The summed E-state index contributed by atoms with van der Waals surface area (Å²) in [6, 6.07) is 0.462. The Bertz CT molecular complexity index is 428. The van der Waals surface area contributed by atoms with Crippen LogP contribution in [0.1, 0.15) is 19.3 Å². The molecule has 94 valence electrons. The van der Waals surface area contributed by atoms with Crippen molar-refractivity contribution in [2.24, 2.45) is 0 Å². The van der Waals surface area contributed by atoms with Gasteiger partial charge in [0.1, 0.15) is 5.02 Å². The number of rotatable bonds is 3. The van der Waals surface area contributed by atoms with Crippen molar-refractivity contribution in [2.75, 3.05) is 25.0 Å². The molecule has 0 bridgehead atoms. The molecule has 1 saturated heterocycles. The number of aromatic nitrogens is 2. The monoisotopic (exact) mass is 256 g/mol. The first-order valence-corrected chi connectivity index (χ1v) is 6.24. The maximum atomic E-state index is 11.3. The second kappa shape index (κ2) is 5.51. The van der Waals surface area contributed by atoms with Gasteiger partial charge in [-0.2, -0.15) is 5.10 Å². The number of nitrogens with zero attached hydrogens (tertiary/aromatic N) is 2. The van der Waals surface area contributed by atoms with E-state index in [0.717, 1.165) is 13.1 Å². The van der Waals surface area contributed by atoms with Crippen molar-refractivity contribution in [1.29, 1.82) is 0 Å². The van der Waals surface area contributed by atoms with Crippen LogP contribution in [-0.2, 0) is 0 Å². The molecular weight excluding hydrogens is 240 g/mol. The third-order valence-corrected chi connectivity index (χ3v) is 3.46. The number of anilines is 1. The van der Waals surface area contributed by atoms with E-state index in [-0.39, 0.29) is 10.6 Å². The zero-order valence-electron chi connectivity index (χ0n) is 9.87. The number of aromatic amines is 1. The van der Waals surface area contributed by atoms with Gasteiger partial charge in [-0.05, 0) is 19.4 Å². The van der Waals surface area contributed by atoms with Crippen LogP contribution in [0.25, 0.3) is 0 Å². The molecule has 0 saturated carbocycles. The molecule has 2 N–H and O–H groups in total. The van der Waals surface area contributed by atoms with Crippen LogP contribution in [0.3, 0.4) is 0 Å². The number of hydrogen-bond acceptors (Lipinski definition) is 4. The van der Waals surface area contributed by atoms with Crippen molar-refractivity contribution >= 4 is 17.3 Å². The maximum absolute atomic E-state index is 11.3. The highest BCUT2D eigenvalue weighted by atomic mass is 35.5. The van der Waals surface area contributed by atoms with E-state index in [1.807, 2.05) is 11.9 Å². The van der Waals surface area contributed by atoms with Crippen LogP contribution in [0.15, 0.2) is 11.0 Å². The van der Waals surface area contributed by atoms with Crippen molar-refractivity contribution in [2.45, 2.75) is 25.3 Å². The largest absolute Gasteiger partial charge is 0.370 e.